The third-order valence-corrected chi connectivity index (χ3v) is 6.55. The summed E-state index contributed by atoms with van der Waals surface area (Å²) in [5.41, 5.74) is 3.10. The van der Waals surface area contributed by atoms with Crippen LogP contribution in [0, 0.1) is 0 Å². The van der Waals surface area contributed by atoms with Gasteiger partial charge in [-0.15, -0.1) is 0 Å². The van der Waals surface area contributed by atoms with Crippen LogP contribution in [0.25, 0.3) is 0 Å². The van der Waals surface area contributed by atoms with E-state index in [1.165, 1.54) is 16.0 Å². The van der Waals surface area contributed by atoms with Crippen LogP contribution in [0.15, 0.2) is 48.5 Å². The maximum Gasteiger partial charge on any atom is 0.325 e. The monoisotopic (exact) mass is 419 g/mol. The zero-order chi connectivity index (χ0) is 21.4. The molecule has 0 aromatic heterocycles. The molecule has 2 aromatic rings. The number of urea groups is 1. The van der Waals surface area contributed by atoms with Crippen molar-refractivity contribution in [1.29, 1.82) is 0 Å². The second-order valence-electron chi connectivity index (χ2n) is 8.46. The quantitative estimate of drug-likeness (QED) is 0.776. The number of amides is 4. The van der Waals surface area contributed by atoms with Crippen LogP contribution in [0.1, 0.15) is 39.9 Å². The van der Waals surface area contributed by atoms with Crippen molar-refractivity contribution < 1.29 is 19.1 Å². The molecule has 3 aliphatic heterocycles. The van der Waals surface area contributed by atoms with Gasteiger partial charge in [-0.2, -0.15) is 0 Å². The Kier molecular flexibility index (Phi) is 4.98. The number of nitrogens with zero attached hydrogens (tertiary/aromatic N) is 2. The molecule has 0 bridgehead atoms. The maximum atomic E-state index is 13.0. The van der Waals surface area contributed by atoms with Crippen molar-refractivity contribution in [2.45, 2.75) is 37.9 Å². The molecule has 5 rings (SSSR count). The third-order valence-electron chi connectivity index (χ3n) is 6.55. The molecule has 31 heavy (non-hydrogen) atoms. The van der Waals surface area contributed by atoms with Gasteiger partial charge < -0.3 is 15.0 Å². The minimum absolute atomic E-state index is 0.00259. The summed E-state index contributed by atoms with van der Waals surface area (Å²) in [6.45, 7) is 2.45. The fourth-order valence-corrected chi connectivity index (χ4v) is 4.67. The van der Waals surface area contributed by atoms with Gasteiger partial charge in [0.05, 0.1) is 6.54 Å². The number of carbonyl (C=O) groups excluding carboxylic acids is 3. The molecule has 0 unspecified atom stereocenters. The lowest BCUT2D eigenvalue weighted by molar-refractivity contribution is -0.134. The smallest absolute Gasteiger partial charge is 0.325 e. The standard InChI is InChI=1S/C24H25N3O4/c28-21(26-12-9-18-3-1-2-4-20(18)16-26)19-7-5-17(6-8-19)15-27-22(29)24(25-23(27)30)10-13-31-14-11-24/h1-8H,9-16H2,(H,25,30). The highest BCUT2D eigenvalue weighted by Gasteiger charge is 2.51. The minimum Gasteiger partial charge on any atom is -0.381 e. The first kappa shape index (κ1) is 19.8. The third kappa shape index (κ3) is 3.59. The number of hydrogen-bond donors (Lipinski definition) is 1. The zero-order valence-corrected chi connectivity index (χ0v) is 17.3. The SMILES string of the molecule is O=C(c1ccc(CN2C(=O)NC3(CCOCC3)C2=O)cc1)N1CCc2ccccc2C1. The maximum absolute atomic E-state index is 13.0. The van der Waals surface area contributed by atoms with Gasteiger partial charge in [0.2, 0.25) is 0 Å². The van der Waals surface area contributed by atoms with Crippen LogP contribution in [0.4, 0.5) is 4.79 Å². The Morgan fingerprint density at radius 1 is 1.00 bits per heavy atom. The largest absolute Gasteiger partial charge is 0.381 e. The Morgan fingerprint density at radius 3 is 2.45 bits per heavy atom. The zero-order valence-electron chi connectivity index (χ0n) is 17.3. The number of ether oxygens (including phenoxy) is 1. The summed E-state index contributed by atoms with van der Waals surface area (Å²) in [4.78, 5) is 41.4. The molecule has 2 saturated heterocycles. The molecule has 160 valence electrons. The topological polar surface area (TPSA) is 79.0 Å². The first-order valence-electron chi connectivity index (χ1n) is 10.7. The summed E-state index contributed by atoms with van der Waals surface area (Å²) in [7, 11) is 0. The van der Waals surface area contributed by atoms with Crippen molar-refractivity contribution in [3.63, 3.8) is 0 Å². The van der Waals surface area contributed by atoms with Crippen LogP contribution in [0.2, 0.25) is 0 Å². The lowest BCUT2D eigenvalue weighted by atomic mass is 9.90. The van der Waals surface area contributed by atoms with E-state index in [-0.39, 0.29) is 24.4 Å². The molecule has 7 heteroatoms. The molecule has 0 aliphatic carbocycles. The number of hydrogen-bond acceptors (Lipinski definition) is 4. The fourth-order valence-electron chi connectivity index (χ4n) is 4.67. The molecule has 1 N–H and O–H groups in total. The Labute approximate surface area is 181 Å². The molecule has 4 amide bonds. The Bertz CT molecular complexity index is 1030. The summed E-state index contributed by atoms with van der Waals surface area (Å²) in [6.07, 6.45) is 1.86. The van der Waals surface area contributed by atoms with Crippen molar-refractivity contribution in [2.75, 3.05) is 19.8 Å². The molecule has 3 heterocycles. The van der Waals surface area contributed by atoms with E-state index < -0.39 is 5.54 Å². The van der Waals surface area contributed by atoms with Crippen molar-refractivity contribution >= 4 is 17.8 Å². The summed E-state index contributed by atoms with van der Waals surface area (Å²) < 4.78 is 5.34. The van der Waals surface area contributed by atoms with E-state index in [4.69, 9.17) is 4.74 Å². The van der Waals surface area contributed by atoms with E-state index >= 15 is 0 Å². The summed E-state index contributed by atoms with van der Waals surface area (Å²) in [5, 5.41) is 2.87. The van der Waals surface area contributed by atoms with E-state index in [1.54, 1.807) is 12.1 Å². The average Bonchev–Trinajstić information content (AvgIpc) is 3.03. The van der Waals surface area contributed by atoms with Crippen LogP contribution >= 0.6 is 0 Å². The van der Waals surface area contributed by atoms with Gasteiger partial charge in [-0.1, -0.05) is 36.4 Å². The highest BCUT2D eigenvalue weighted by atomic mass is 16.5. The van der Waals surface area contributed by atoms with Crippen LogP contribution in [0.3, 0.4) is 0 Å². The molecular formula is C24H25N3O4. The molecule has 2 aromatic carbocycles. The molecule has 0 saturated carbocycles. The predicted octanol–water partition coefficient (Wildman–Crippen LogP) is 2.49. The summed E-state index contributed by atoms with van der Waals surface area (Å²) in [6, 6.07) is 15.1. The Balaban J connectivity index is 1.26. The van der Waals surface area contributed by atoms with Crippen LogP contribution in [0.5, 0.6) is 0 Å². The van der Waals surface area contributed by atoms with Crippen molar-refractivity contribution in [2.24, 2.45) is 0 Å². The number of rotatable bonds is 3. The second-order valence-corrected chi connectivity index (χ2v) is 8.46. The van der Waals surface area contributed by atoms with E-state index in [0.717, 1.165) is 12.0 Å². The minimum atomic E-state index is -0.824. The number of fused-ring (bicyclic) bond motifs is 1. The van der Waals surface area contributed by atoms with Crippen molar-refractivity contribution in [1.82, 2.24) is 15.1 Å². The van der Waals surface area contributed by atoms with Gasteiger partial charge in [-0.05, 0) is 35.2 Å². The lowest BCUT2D eigenvalue weighted by Gasteiger charge is -2.30. The second kappa shape index (κ2) is 7.81. The van der Waals surface area contributed by atoms with E-state index in [9.17, 15) is 14.4 Å². The molecule has 2 fully saturated rings. The number of imide groups is 1. The molecule has 3 aliphatic rings. The van der Waals surface area contributed by atoms with Gasteiger partial charge in [0.25, 0.3) is 11.8 Å². The molecule has 0 atom stereocenters. The van der Waals surface area contributed by atoms with Crippen molar-refractivity contribution in [3.8, 4) is 0 Å². The van der Waals surface area contributed by atoms with Crippen LogP contribution in [-0.2, 0) is 29.0 Å². The van der Waals surface area contributed by atoms with E-state index in [1.807, 2.05) is 29.2 Å². The number of carbonyl (C=O) groups is 3. The van der Waals surface area contributed by atoms with Gasteiger partial charge in [-0.3, -0.25) is 14.5 Å². The molecule has 1 spiro atoms. The van der Waals surface area contributed by atoms with E-state index in [0.29, 0.717) is 44.7 Å². The van der Waals surface area contributed by atoms with Crippen LogP contribution in [-0.4, -0.2) is 52.9 Å². The van der Waals surface area contributed by atoms with Gasteiger partial charge >= 0.3 is 6.03 Å². The highest BCUT2D eigenvalue weighted by molar-refractivity contribution is 6.07. The van der Waals surface area contributed by atoms with Crippen LogP contribution < -0.4 is 5.32 Å². The summed E-state index contributed by atoms with van der Waals surface area (Å²) in [5.74, 6) is -0.190. The first-order chi connectivity index (χ1) is 15.1. The van der Waals surface area contributed by atoms with Gasteiger partial charge in [-0.25, -0.2) is 4.79 Å². The lowest BCUT2D eigenvalue weighted by Crippen LogP contribution is -2.51. The van der Waals surface area contributed by atoms with Gasteiger partial charge in [0.15, 0.2) is 0 Å². The molecule has 7 nitrogen and oxygen atoms in total. The average molecular weight is 419 g/mol. The Hall–Kier alpha value is -3.19. The summed E-state index contributed by atoms with van der Waals surface area (Å²) >= 11 is 0. The number of benzene rings is 2. The highest BCUT2D eigenvalue weighted by Crippen LogP contribution is 2.29. The van der Waals surface area contributed by atoms with Crippen molar-refractivity contribution in [3.05, 3.63) is 70.8 Å². The molecule has 0 radical (unpaired) electrons. The molecular weight excluding hydrogens is 394 g/mol. The fraction of sp³-hybridized carbons (Fsp3) is 0.375. The number of nitrogens with one attached hydrogen (secondary N) is 1. The predicted molar refractivity (Wildman–Crippen MR) is 113 cm³/mol. The van der Waals surface area contributed by atoms with Gasteiger partial charge in [0, 0.05) is 44.7 Å². The van der Waals surface area contributed by atoms with E-state index in [2.05, 4.69) is 17.4 Å². The normalized spacial score (nSPS) is 20.0. The first-order valence-corrected chi connectivity index (χ1v) is 10.7. The Morgan fingerprint density at radius 2 is 1.71 bits per heavy atom. The van der Waals surface area contributed by atoms with Gasteiger partial charge in [0.1, 0.15) is 5.54 Å².